The lowest BCUT2D eigenvalue weighted by Gasteiger charge is -2.36. The molecule has 1 saturated heterocycles. The van der Waals surface area contributed by atoms with Gasteiger partial charge in [0.15, 0.2) is 10.6 Å². The molecule has 1 aromatic heterocycles. The fourth-order valence-corrected chi connectivity index (χ4v) is 8.00. The van der Waals surface area contributed by atoms with Crippen molar-refractivity contribution in [1.82, 2.24) is 15.8 Å². The molecule has 11 heteroatoms. The Bertz CT molecular complexity index is 1830. The number of nitrogens with one attached hydrogen (secondary N) is 2. The Morgan fingerprint density at radius 1 is 0.820 bits per heavy atom. The molecule has 1 fully saturated rings. The molecular weight excluding hydrogens is 671 g/mol. The highest BCUT2D eigenvalue weighted by atomic mass is 32.2. The second-order valence-electron chi connectivity index (χ2n) is 12.3. The van der Waals surface area contributed by atoms with Crippen LogP contribution in [0.15, 0.2) is 101 Å². The van der Waals surface area contributed by atoms with Crippen molar-refractivity contribution in [3.63, 3.8) is 0 Å². The number of thioether (sulfide) groups is 1. The minimum atomic E-state index is -0.547. The van der Waals surface area contributed by atoms with Gasteiger partial charge in [-0.3, -0.25) is 14.8 Å². The SMILES string of the molecule is O=C(CCCCCC(=O)NCc1cccc(-c2ccc([C@H]3O[C@@H](CSc4nc5ccccc5s4)C[C@@H](c4ccc(CO)cc4)O3)cc2)c1)NO. The average Bonchev–Trinajstić information content (AvgIpc) is 3.59. The number of aliphatic hydroxyl groups is 1. The van der Waals surface area contributed by atoms with Gasteiger partial charge in [-0.25, -0.2) is 10.5 Å². The summed E-state index contributed by atoms with van der Waals surface area (Å²) in [7, 11) is 0. The first-order valence-electron chi connectivity index (χ1n) is 16.9. The molecule has 1 aliphatic heterocycles. The molecule has 0 bridgehead atoms. The number of nitrogens with zero attached hydrogens (tertiary/aromatic N) is 1. The van der Waals surface area contributed by atoms with Gasteiger partial charge >= 0.3 is 0 Å². The number of fused-ring (bicyclic) bond motifs is 1. The Morgan fingerprint density at radius 3 is 2.34 bits per heavy atom. The zero-order chi connectivity index (χ0) is 34.7. The van der Waals surface area contributed by atoms with Gasteiger partial charge < -0.3 is 19.9 Å². The Balaban J connectivity index is 1.08. The molecule has 3 atom stereocenters. The number of hydrogen-bond acceptors (Lipinski definition) is 9. The van der Waals surface area contributed by atoms with E-state index in [1.54, 1.807) is 28.6 Å². The normalized spacial score (nSPS) is 17.4. The van der Waals surface area contributed by atoms with E-state index < -0.39 is 12.2 Å². The second kappa shape index (κ2) is 17.7. The van der Waals surface area contributed by atoms with Gasteiger partial charge in [0.2, 0.25) is 11.8 Å². The van der Waals surface area contributed by atoms with Gasteiger partial charge in [0.25, 0.3) is 0 Å². The predicted molar refractivity (Wildman–Crippen MR) is 196 cm³/mol. The van der Waals surface area contributed by atoms with E-state index in [0.29, 0.717) is 32.2 Å². The van der Waals surface area contributed by atoms with Crippen LogP contribution in [0.1, 0.15) is 73.2 Å². The standard InChI is InChI=1S/C39H41N3O6S2/c43-24-26-13-15-29(16-14-26)34-22-32(25-49-39-41-33-9-4-5-10-35(33)50-39)47-38(48-34)30-19-17-28(18-20-30)31-8-6-7-27(21-31)23-40-36(44)11-2-1-3-12-37(45)42-46/h4-10,13-21,32,34,38,43,46H,1-3,11-12,22-25H2,(H,40,44)(H,42,45)/t32-,34+,38+/m1/s1. The molecule has 4 N–H and O–H groups in total. The number of carbonyl (C=O) groups is 2. The van der Waals surface area contributed by atoms with Gasteiger partial charge in [0.05, 0.1) is 29.0 Å². The Labute approximate surface area is 300 Å². The lowest BCUT2D eigenvalue weighted by Crippen LogP contribution is -2.31. The Kier molecular flexibility index (Phi) is 12.7. The quantitative estimate of drug-likeness (QED) is 0.0374. The van der Waals surface area contributed by atoms with Crippen molar-refractivity contribution in [3.05, 3.63) is 119 Å². The number of para-hydroxylation sites is 1. The molecule has 0 radical (unpaired) electrons. The third-order valence-electron chi connectivity index (χ3n) is 8.65. The molecular formula is C39H41N3O6S2. The minimum Gasteiger partial charge on any atom is -0.392 e. The number of benzene rings is 4. The summed E-state index contributed by atoms with van der Waals surface area (Å²) >= 11 is 3.41. The fourth-order valence-electron chi connectivity index (χ4n) is 5.89. The molecule has 9 nitrogen and oxygen atoms in total. The number of amides is 2. The van der Waals surface area contributed by atoms with E-state index in [-0.39, 0.29) is 31.1 Å². The van der Waals surface area contributed by atoms with Crippen LogP contribution in [0.3, 0.4) is 0 Å². The van der Waals surface area contributed by atoms with E-state index >= 15 is 0 Å². The molecule has 0 aliphatic carbocycles. The minimum absolute atomic E-state index is 0.000615. The summed E-state index contributed by atoms with van der Waals surface area (Å²) in [6, 6.07) is 32.5. The summed E-state index contributed by atoms with van der Waals surface area (Å²) in [5.74, 6) is 0.309. The summed E-state index contributed by atoms with van der Waals surface area (Å²) in [5.41, 5.74) is 8.57. The van der Waals surface area contributed by atoms with Crippen molar-refractivity contribution < 1.29 is 29.4 Å². The first-order chi connectivity index (χ1) is 24.5. The van der Waals surface area contributed by atoms with Gasteiger partial charge in [0, 0.05) is 37.1 Å². The summed E-state index contributed by atoms with van der Waals surface area (Å²) in [5, 5.41) is 21.1. The molecule has 0 spiro atoms. The zero-order valence-corrected chi connectivity index (χ0v) is 29.3. The van der Waals surface area contributed by atoms with Crippen molar-refractivity contribution in [1.29, 1.82) is 0 Å². The number of ether oxygens (including phenoxy) is 2. The van der Waals surface area contributed by atoms with Crippen LogP contribution in [0, 0.1) is 0 Å². The molecule has 1 aliphatic rings. The predicted octanol–water partition coefficient (Wildman–Crippen LogP) is 7.87. The smallest absolute Gasteiger partial charge is 0.243 e. The number of hydrogen-bond donors (Lipinski definition) is 4. The van der Waals surface area contributed by atoms with Crippen LogP contribution in [0.2, 0.25) is 0 Å². The highest BCUT2D eigenvalue weighted by molar-refractivity contribution is 8.01. The molecule has 2 heterocycles. The van der Waals surface area contributed by atoms with Gasteiger partial charge in [-0.05, 0) is 58.9 Å². The molecule has 50 heavy (non-hydrogen) atoms. The lowest BCUT2D eigenvalue weighted by molar-refractivity contribution is -0.245. The lowest BCUT2D eigenvalue weighted by atomic mass is 9.99. The maximum absolute atomic E-state index is 12.4. The molecule has 2 amide bonds. The third kappa shape index (κ3) is 9.78. The third-order valence-corrected chi connectivity index (χ3v) is 11.0. The largest absolute Gasteiger partial charge is 0.392 e. The zero-order valence-electron chi connectivity index (χ0n) is 27.6. The van der Waals surface area contributed by atoms with Crippen LogP contribution >= 0.6 is 23.1 Å². The number of unbranched alkanes of at least 4 members (excludes halogenated alkanes) is 2. The number of rotatable bonds is 15. The van der Waals surface area contributed by atoms with E-state index in [1.165, 1.54) is 4.70 Å². The average molecular weight is 712 g/mol. The van der Waals surface area contributed by atoms with E-state index in [4.69, 9.17) is 19.7 Å². The maximum atomic E-state index is 12.4. The maximum Gasteiger partial charge on any atom is 0.243 e. The van der Waals surface area contributed by atoms with Crippen LogP contribution in [-0.2, 0) is 32.2 Å². The summed E-state index contributed by atoms with van der Waals surface area (Å²) in [6.07, 6.45) is 2.63. The Hall–Kier alpha value is -4.10. The monoisotopic (exact) mass is 711 g/mol. The molecule has 6 rings (SSSR count). The van der Waals surface area contributed by atoms with Crippen LogP contribution in [0.4, 0.5) is 0 Å². The van der Waals surface area contributed by atoms with Crippen molar-refractivity contribution in [2.75, 3.05) is 5.75 Å². The topological polar surface area (TPSA) is 130 Å². The van der Waals surface area contributed by atoms with Crippen LogP contribution < -0.4 is 10.8 Å². The molecule has 5 aromatic rings. The van der Waals surface area contributed by atoms with E-state index in [0.717, 1.165) is 55.4 Å². The number of thiazole rings is 1. The molecule has 0 saturated carbocycles. The number of carbonyl (C=O) groups excluding carboxylic acids is 2. The van der Waals surface area contributed by atoms with Crippen LogP contribution in [-0.4, -0.2) is 39.0 Å². The van der Waals surface area contributed by atoms with Crippen molar-refractivity contribution in [2.24, 2.45) is 0 Å². The highest BCUT2D eigenvalue weighted by Gasteiger charge is 2.32. The fraction of sp³-hybridized carbons (Fsp3) is 0.308. The number of aliphatic hydroxyl groups excluding tert-OH is 1. The molecule has 0 unspecified atom stereocenters. The number of hydroxylamine groups is 1. The van der Waals surface area contributed by atoms with Gasteiger partial charge in [-0.15, -0.1) is 11.3 Å². The van der Waals surface area contributed by atoms with Gasteiger partial charge in [0.1, 0.15) is 0 Å². The van der Waals surface area contributed by atoms with Crippen LogP contribution in [0.25, 0.3) is 21.3 Å². The van der Waals surface area contributed by atoms with Gasteiger partial charge in [-0.2, -0.15) is 0 Å². The van der Waals surface area contributed by atoms with Gasteiger partial charge in [-0.1, -0.05) is 97.0 Å². The summed E-state index contributed by atoms with van der Waals surface area (Å²) < 4.78 is 15.3. The van der Waals surface area contributed by atoms with E-state index in [1.807, 2.05) is 66.7 Å². The Morgan fingerprint density at radius 2 is 1.58 bits per heavy atom. The van der Waals surface area contributed by atoms with Crippen molar-refractivity contribution in [3.8, 4) is 11.1 Å². The van der Waals surface area contributed by atoms with Crippen molar-refractivity contribution in [2.45, 2.75) is 74.5 Å². The highest BCUT2D eigenvalue weighted by Crippen LogP contribution is 2.40. The summed E-state index contributed by atoms with van der Waals surface area (Å²) in [4.78, 5) is 28.3. The van der Waals surface area contributed by atoms with Crippen LogP contribution in [0.5, 0.6) is 0 Å². The second-order valence-corrected chi connectivity index (χ2v) is 14.6. The number of aromatic nitrogens is 1. The first-order valence-corrected chi connectivity index (χ1v) is 18.7. The van der Waals surface area contributed by atoms with E-state index in [9.17, 15) is 14.7 Å². The van der Waals surface area contributed by atoms with Crippen molar-refractivity contribution >= 4 is 45.1 Å². The molecule has 260 valence electrons. The summed E-state index contributed by atoms with van der Waals surface area (Å²) in [6.45, 7) is 0.428. The van der Waals surface area contributed by atoms with E-state index in [2.05, 4.69) is 35.6 Å². The molecule has 4 aromatic carbocycles. The first kappa shape index (κ1) is 35.7.